The molecule has 4 rings (SSSR count). The standard InChI is InChI=1S/C16H19N5O3/c22-16(11-2-7-23-8-3-11)21-6-1-12(10-21)14-19-15(24-20-14)13-9-17-4-5-18-13/h4-5,9,11-12H,1-3,6-8,10H2. The molecule has 8 nitrogen and oxygen atoms in total. The van der Waals surface area contributed by atoms with Crippen molar-refractivity contribution in [2.75, 3.05) is 26.3 Å². The normalized spacial score (nSPS) is 22.0. The van der Waals surface area contributed by atoms with Gasteiger partial charge in [-0.25, -0.2) is 4.98 Å². The van der Waals surface area contributed by atoms with Crippen LogP contribution in [0.3, 0.4) is 0 Å². The predicted octanol–water partition coefficient (Wildman–Crippen LogP) is 1.27. The number of amides is 1. The van der Waals surface area contributed by atoms with Crippen molar-refractivity contribution in [2.45, 2.75) is 25.2 Å². The average molecular weight is 329 g/mol. The van der Waals surface area contributed by atoms with Crippen LogP contribution in [0.15, 0.2) is 23.1 Å². The van der Waals surface area contributed by atoms with Crippen molar-refractivity contribution in [3.8, 4) is 11.6 Å². The van der Waals surface area contributed by atoms with E-state index in [1.54, 1.807) is 18.6 Å². The fourth-order valence-corrected chi connectivity index (χ4v) is 3.29. The smallest absolute Gasteiger partial charge is 0.278 e. The molecule has 0 aromatic carbocycles. The quantitative estimate of drug-likeness (QED) is 0.837. The van der Waals surface area contributed by atoms with Crippen molar-refractivity contribution in [3.63, 3.8) is 0 Å². The van der Waals surface area contributed by atoms with Gasteiger partial charge >= 0.3 is 0 Å². The van der Waals surface area contributed by atoms with Gasteiger partial charge in [-0.2, -0.15) is 4.98 Å². The van der Waals surface area contributed by atoms with Gasteiger partial charge in [0.05, 0.1) is 6.20 Å². The van der Waals surface area contributed by atoms with Gasteiger partial charge in [0.2, 0.25) is 5.91 Å². The molecule has 126 valence electrons. The summed E-state index contributed by atoms with van der Waals surface area (Å²) >= 11 is 0. The summed E-state index contributed by atoms with van der Waals surface area (Å²) in [6, 6.07) is 0. The topological polar surface area (TPSA) is 94.2 Å². The monoisotopic (exact) mass is 329 g/mol. The lowest BCUT2D eigenvalue weighted by Crippen LogP contribution is -2.37. The van der Waals surface area contributed by atoms with Crippen molar-refractivity contribution in [1.82, 2.24) is 25.0 Å². The van der Waals surface area contributed by atoms with Gasteiger partial charge in [0, 0.05) is 50.5 Å². The molecular formula is C16H19N5O3. The Balaban J connectivity index is 1.42. The lowest BCUT2D eigenvalue weighted by molar-refractivity contribution is -0.137. The fourth-order valence-electron chi connectivity index (χ4n) is 3.29. The minimum Gasteiger partial charge on any atom is -0.381 e. The van der Waals surface area contributed by atoms with Gasteiger partial charge in [0.15, 0.2) is 5.82 Å². The summed E-state index contributed by atoms with van der Waals surface area (Å²) in [6.07, 6.45) is 7.26. The van der Waals surface area contributed by atoms with Crippen LogP contribution in [0.2, 0.25) is 0 Å². The van der Waals surface area contributed by atoms with Crippen LogP contribution in [-0.4, -0.2) is 57.2 Å². The van der Waals surface area contributed by atoms with E-state index in [1.165, 1.54) is 0 Å². The fraction of sp³-hybridized carbons (Fsp3) is 0.562. The minimum absolute atomic E-state index is 0.0953. The lowest BCUT2D eigenvalue weighted by Gasteiger charge is -2.26. The van der Waals surface area contributed by atoms with Crippen molar-refractivity contribution >= 4 is 5.91 Å². The second-order valence-electron chi connectivity index (χ2n) is 6.20. The van der Waals surface area contributed by atoms with Gasteiger partial charge in [-0.3, -0.25) is 9.78 Å². The van der Waals surface area contributed by atoms with E-state index in [2.05, 4.69) is 20.1 Å². The summed E-state index contributed by atoms with van der Waals surface area (Å²) in [5, 5.41) is 4.07. The molecule has 0 bridgehead atoms. The molecule has 8 heteroatoms. The van der Waals surface area contributed by atoms with E-state index in [0.29, 0.717) is 37.2 Å². The zero-order chi connectivity index (χ0) is 16.4. The number of hydrogen-bond acceptors (Lipinski definition) is 7. The van der Waals surface area contributed by atoms with Crippen LogP contribution >= 0.6 is 0 Å². The Kier molecular flexibility index (Phi) is 4.20. The van der Waals surface area contributed by atoms with Crippen molar-refractivity contribution in [2.24, 2.45) is 5.92 Å². The highest BCUT2D eigenvalue weighted by Gasteiger charge is 2.34. The summed E-state index contributed by atoms with van der Waals surface area (Å²) in [5.74, 6) is 1.45. The highest BCUT2D eigenvalue weighted by molar-refractivity contribution is 5.79. The molecule has 2 saturated heterocycles. The molecule has 0 saturated carbocycles. The van der Waals surface area contributed by atoms with E-state index in [1.807, 2.05) is 4.90 Å². The zero-order valence-corrected chi connectivity index (χ0v) is 13.3. The summed E-state index contributed by atoms with van der Waals surface area (Å²) < 4.78 is 10.6. The van der Waals surface area contributed by atoms with Gasteiger partial charge in [-0.1, -0.05) is 5.16 Å². The summed E-state index contributed by atoms with van der Waals surface area (Å²) in [6.45, 7) is 2.76. The van der Waals surface area contributed by atoms with Gasteiger partial charge in [0.1, 0.15) is 5.69 Å². The first-order valence-electron chi connectivity index (χ1n) is 8.28. The molecule has 0 spiro atoms. The summed E-state index contributed by atoms with van der Waals surface area (Å²) in [4.78, 5) is 27.1. The van der Waals surface area contributed by atoms with Crippen LogP contribution < -0.4 is 0 Å². The molecule has 0 aliphatic carbocycles. The zero-order valence-electron chi connectivity index (χ0n) is 13.3. The highest BCUT2D eigenvalue weighted by atomic mass is 16.5. The Hall–Kier alpha value is -2.35. The first-order valence-corrected chi connectivity index (χ1v) is 8.28. The van der Waals surface area contributed by atoms with Crippen LogP contribution in [-0.2, 0) is 9.53 Å². The molecule has 2 aromatic rings. The summed E-state index contributed by atoms with van der Waals surface area (Å²) in [5.41, 5.74) is 0.560. The first kappa shape index (κ1) is 15.2. The molecule has 2 aliphatic rings. The Bertz CT molecular complexity index is 699. The minimum atomic E-state index is 0.0953. The van der Waals surface area contributed by atoms with E-state index >= 15 is 0 Å². The highest BCUT2D eigenvalue weighted by Crippen LogP contribution is 2.29. The molecule has 1 amide bonds. The molecule has 1 unspecified atom stereocenters. The van der Waals surface area contributed by atoms with Gasteiger partial charge < -0.3 is 14.2 Å². The molecule has 4 heterocycles. The second kappa shape index (κ2) is 6.64. The number of carbonyl (C=O) groups excluding carboxylic acids is 1. The SMILES string of the molecule is O=C(C1CCOCC1)N1CCC(c2noc(-c3cnccn3)n2)C1. The Morgan fingerprint density at radius 2 is 2.08 bits per heavy atom. The van der Waals surface area contributed by atoms with E-state index < -0.39 is 0 Å². The molecule has 2 aromatic heterocycles. The van der Waals surface area contributed by atoms with Crippen LogP contribution in [0.5, 0.6) is 0 Å². The molecule has 2 fully saturated rings. The summed E-state index contributed by atoms with van der Waals surface area (Å²) in [7, 11) is 0. The van der Waals surface area contributed by atoms with Gasteiger partial charge in [-0.05, 0) is 19.3 Å². The number of ether oxygens (including phenoxy) is 1. The number of aromatic nitrogens is 4. The van der Waals surface area contributed by atoms with E-state index in [4.69, 9.17) is 9.26 Å². The van der Waals surface area contributed by atoms with Crippen molar-refractivity contribution < 1.29 is 14.1 Å². The average Bonchev–Trinajstić information content (AvgIpc) is 3.32. The van der Waals surface area contributed by atoms with E-state index in [9.17, 15) is 4.79 Å². The Morgan fingerprint density at radius 3 is 2.88 bits per heavy atom. The molecular weight excluding hydrogens is 310 g/mol. The maximum Gasteiger partial charge on any atom is 0.278 e. The largest absolute Gasteiger partial charge is 0.381 e. The molecule has 2 aliphatic heterocycles. The van der Waals surface area contributed by atoms with Crippen LogP contribution in [0, 0.1) is 5.92 Å². The van der Waals surface area contributed by atoms with Gasteiger partial charge in [0.25, 0.3) is 5.89 Å². The number of likely N-dealkylation sites (tertiary alicyclic amines) is 1. The van der Waals surface area contributed by atoms with E-state index in [-0.39, 0.29) is 17.7 Å². The predicted molar refractivity (Wildman–Crippen MR) is 82.8 cm³/mol. The lowest BCUT2D eigenvalue weighted by atomic mass is 9.99. The van der Waals surface area contributed by atoms with Crippen molar-refractivity contribution in [3.05, 3.63) is 24.4 Å². The third-order valence-corrected chi connectivity index (χ3v) is 4.66. The molecule has 0 radical (unpaired) electrons. The molecule has 1 atom stereocenters. The van der Waals surface area contributed by atoms with Crippen LogP contribution in [0.4, 0.5) is 0 Å². The molecule has 24 heavy (non-hydrogen) atoms. The Morgan fingerprint density at radius 1 is 1.21 bits per heavy atom. The van der Waals surface area contributed by atoms with Crippen LogP contribution in [0.25, 0.3) is 11.6 Å². The van der Waals surface area contributed by atoms with E-state index in [0.717, 1.165) is 25.8 Å². The number of carbonyl (C=O) groups is 1. The van der Waals surface area contributed by atoms with Gasteiger partial charge in [-0.15, -0.1) is 0 Å². The molecule has 0 N–H and O–H groups in total. The Labute approximate surface area is 139 Å². The van der Waals surface area contributed by atoms with Crippen LogP contribution in [0.1, 0.15) is 31.0 Å². The maximum absolute atomic E-state index is 12.6. The third kappa shape index (κ3) is 3.01. The number of hydrogen-bond donors (Lipinski definition) is 0. The van der Waals surface area contributed by atoms with Crippen molar-refractivity contribution in [1.29, 1.82) is 0 Å². The number of rotatable bonds is 3. The first-order chi connectivity index (χ1) is 11.8. The number of nitrogens with zero attached hydrogens (tertiary/aromatic N) is 5. The second-order valence-corrected chi connectivity index (χ2v) is 6.20. The third-order valence-electron chi connectivity index (χ3n) is 4.66. The maximum atomic E-state index is 12.6.